The van der Waals surface area contributed by atoms with Gasteiger partial charge in [-0.1, -0.05) is 37.5 Å². The van der Waals surface area contributed by atoms with Gasteiger partial charge in [0.05, 0.1) is 23.5 Å². The Bertz CT molecular complexity index is 1180. The molecule has 8 heteroatoms. The Kier molecular flexibility index (Phi) is 7.08. The predicted molar refractivity (Wildman–Crippen MR) is 138 cm³/mol. The smallest absolute Gasteiger partial charge is 0.226 e. The van der Waals surface area contributed by atoms with Crippen molar-refractivity contribution in [2.45, 2.75) is 56.7 Å². The van der Waals surface area contributed by atoms with Gasteiger partial charge in [-0.15, -0.1) is 0 Å². The number of pyridine rings is 1. The lowest BCUT2D eigenvalue weighted by molar-refractivity contribution is -0.116. The maximum Gasteiger partial charge on any atom is 0.226 e. The van der Waals surface area contributed by atoms with Crippen LogP contribution in [0.2, 0.25) is 0 Å². The largest absolute Gasteiger partial charge is 0.352 e. The quantitative estimate of drug-likeness (QED) is 0.426. The molecule has 1 amide bonds. The standard InChI is InChI=1S/C27H30FN5OS/c28-21-10-4-5-11-22(21)30-24(34)14-17-33-26(25(31-27(33)35)23-12-6-7-15-29-23)19-13-16-32(18-19)20-8-2-1-3-9-20/h4-7,10-13,15-16,18,20,25-26H,1-3,8-9,14,17H2,(H,30,34)(H,31,35). The van der Waals surface area contributed by atoms with Gasteiger partial charge in [0.25, 0.3) is 0 Å². The van der Waals surface area contributed by atoms with Gasteiger partial charge in [-0.3, -0.25) is 9.78 Å². The van der Waals surface area contributed by atoms with Gasteiger partial charge in [-0.2, -0.15) is 0 Å². The molecule has 2 fully saturated rings. The lowest BCUT2D eigenvalue weighted by Gasteiger charge is -2.27. The SMILES string of the molecule is O=C(CCN1C(=S)NC(c2ccccn2)C1c1ccn(C2CCCCC2)c1)Nc1ccccc1F. The van der Waals surface area contributed by atoms with Gasteiger partial charge in [0, 0.05) is 37.6 Å². The first-order valence-electron chi connectivity index (χ1n) is 12.3. The van der Waals surface area contributed by atoms with Crippen LogP contribution in [0.15, 0.2) is 67.1 Å². The monoisotopic (exact) mass is 491 g/mol. The number of benzene rings is 1. The molecule has 2 unspecified atom stereocenters. The predicted octanol–water partition coefficient (Wildman–Crippen LogP) is 5.53. The summed E-state index contributed by atoms with van der Waals surface area (Å²) in [5, 5.41) is 6.70. The van der Waals surface area contributed by atoms with Gasteiger partial charge < -0.3 is 20.1 Å². The van der Waals surface area contributed by atoms with E-state index in [4.69, 9.17) is 12.2 Å². The molecule has 0 spiro atoms. The number of nitrogens with zero attached hydrogens (tertiary/aromatic N) is 3. The van der Waals surface area contributed by atoms with E-state index in [1.54, 1.807) is 24.4 Å². The van der Waals surface area contributed by atoms with Gasteiger partial charge in [0.1, 0.15) is 5.82 Å². The van der Waals surface area contributed by atoms with E-state index >= 15 is 0 Å². The summed E-state index contributed by atoms with van der Waals surface area (Å²) in [7, 11) is 0. The Morgan fingerprint density at radius 2 is 1.91 bits per heavy atom. The molecule has 5 rings (SSSR count). The molecular weight excluding hydrogens is 461 g/mol. The van der Waals surface area contributed by atoms with Crippen LogP contribution in [0.3, 0.4) is 0 Å². The molecule has 3 aromatic rings. The zero-order valence-corrected chi connectivity index (χ0v) is 20.4. The molecule has 1 saturated heterocycles. The summed E-state index contributed by atoms with van der Waals surface area (Å²) < 4.78 is 16.3. The van der Waals surface area contributed by atoms with Crippen molar-refractivity contribution in [2.24, 2.45) is 0 Å². The van der Waals surface area contributed by atoms with E-state index in [1.165, 1.54) is 38.2 Å². The molecule has 1 saturated carbocycles. The van der Waals surface area contributed by atoms with Crippen LogP contribution in [0.5, 0.6) is 0 Å². The number of hydrogen-bond donors (Lipinski definition) is 2. The number of thiocarbonyl (C=S) groups is 1. The fourth-order valence-corrected chi connectivity index (χ4v) is 5.55. The highest BCUT2D eigenvalue weighted by Crippen LogP contribution is 2.39. The third-order valence-electron chi connectivity index (χ3n) is 7.00. The number of carbonyl (C=O) groups is 1. The lowest BCUT2D eigenvalue weighted by atomic mass is 9.95. The van der Waals surface area contributed by atoms with E-state index in [-0.39, 0.29) is 30.1 Å². The zero-order valence-electron chi connectivity index (χ0n) is 19.6. The number of amides is 1. The van der Waals surface area contributed by atoms with E-state index in [0.29, 0.717) is 17.7 Å². The third kappa shape index (κ3) is 5.22. The summed E-state index contributed by atoms with van der Waals surface area (Å²) in [6, 6.07) is 14.5. The van der Waals surface area contributed by atoms with E-state index in [9.17, 15) is 9.18 Å². The second-order valence-electron chi connectivity index (χ2n) is 9.28. The summed E-state index contributed by atoms with van der Waals surface area (Å²) in [6.07, 6.45) is 12.7. The molecule has 0 radical (unpaired) electrons. The Labute approximate surface area is 210 Å². The molecule has 1 aromatic carbocycles. The number of rotatable bonds is 7. The van der Waals surface area contributed by atoms with Crippen LogP contribution in [0.25, 0.3) is 0 Å². The minimum atomic E-state index is -0.448. The Morgan fingerprint density at radius 1 is 1.11 bits per heavy atom. The Balaban J connectivity index is 1.36. The van der Waals surface area contributed by atoms with Crippen molar-refractivity contribution in [1.29, 1.82) is 0 Å². The van der Waals surface area contributed by atoms with E-state index in [0.717, 1.165) is 11.3 Å². The summed E-state index contributed by atoms with van der Waals surface area (Å²) in [6.45, 7) is 0.411. The van der Waals surface area contributed by atoms with Crippen molar-refractivity contribution in [1.82, 2.24) is 19.8 Å². The fourth-order valence-electron chi connectivity index (χ4n) is 5.22. The highest BCUT2D eigenvalue weighted by molar-refractivity contribution is 7.80. The minimum absolute atomic E-state index is 0.0940. The molecular formula is C27H30FN5OS. The first-order chi connectivity index (χ1) is 17.1. The second kappa shape index (κ2) is 10.6. The van der Waals surface area contributed by atoms with Crippen LogP contribution in [0.1, 0.15) is 67.9 Å². The molecule has 0 bridgehead atoms. The summed E-state index contributed by atoms with van der Waals surface area (Å²) in [5.74, 6) is -0.700. The van der Waals surface area contributed by atoms with Gasteiger partial charge >= 0.3 is 0 Å². The molecule has 2 aromatic heterocycles. The molecule has 182 valence electrons. The molecule has 1 aliphatic carbocycles. The molecule has 1 aliphatic heterocycles. The van der Waals surface area contributed by atoms with Gasteiger partial charge in [-0.25, -0.2) is 4.39 Å². The average molecular weight is 492 g/mol. The number of para-hydroxylation sites is 1. The van der Waals surface area contributed by atoms with Gasteiger partial charge in [-0.05, 0) is 61.0 Å². The summed E-state index contributed by atoms with van der Waals surface area (Å²) >= 11 is 5.72. The Morgan fingerprint density at radius 3 is 2.69 bits per heavy atom. The fraction of sp³-hybridized carbons (Fsp3) is 0.370. The van der Waals surface area contributed by atoms with Crippen molar-refractivity contribution >= 4 is 28.9 Å². The summed E-state index contributed by atoms with van der Waals surface area (Å²) in [4.78, 5) is 19.3. The van der Waals surface area contributed by atoms with Crippen LogP contribution in [-0.2, 0) is 4.79 Å². The first kappa shape index (κ1) is 23.5. The van der Waals surface area contributed by atoms with Crippen LogP contribution in [0, 0.1) is 5.82 Å². The highest BCUT2D eigenvalue weighted by Gasteiger charge is 2.40. The Hall–Kier alpha value is -3.26. The van der Waals surface area contributed by atoms with Crippen molar-refractivity contribution in [3.05, 3.63) is 84.2 Å². The topological polar surface area (TPSA) is 62.2 Å². The van der Waals surface area contributed by atoms with Crippen molar-refractivity contribution < 1.29 is 9.18 Å². The van der Waals surface area contributed by atoms with E-state index in [2.05, 4.69) is 43.5 Å². The molecule has 3 heterocycles. The zero-order chi connectivity index (χ0) is 24.2. The number of aromatic nitrogens is 2. The maximum atomic E-state index is 14.0. The number of hydrogen-bond acceptors (Lipinski definition) is 3. The number of anilines is 1. The first-order valence-corrected chi connectivity index (χ1v) is 12.7. The normalized spacial score (nSPS) is 20.6. The van der Waals surface area contributed by atoms with E-state index < -0.39 is 5.82 Å². The summed E-state index contributed by atoms with van der Waals surface area (Å²) in [5.41, 5.74) is 2.24. The molecule has 2 N–H and O–H groups in total. The van der Waals surface area contributed by atoms with Crippen molar-refractivity contribution in [3.63, 3.8) is 0 Å². The third-order valence-corrected chi connectivity index (χ3v) is 7.35. The molecule has 2 atom stereocenters. The van der Waals surface area contributed by atoms with E-state index in [1.807, 2.05) is 18.2 Å². The maximum absolute atomic E-state index is 14.0. The average Bonchev–Trinajstić information content (AvgIpc) is 3.50. The second-order valence-corrected chi connectivity index (χ2v) is 9.67. The van der Waals surface area contributed by atoms with Gasteiger partial charge in [0.2, 0.25) is 5.91 Å². The van der Waals surface area contributed by atoms with Crippen LogP contribution in [-0.4, -0.2) is 32.0 Å². The van der Waals surface area contributed by atoms with Crippen LogP contribution in [0.4, 0.5) is 10.1 Å². The lowest BCUT2D eigenvalue weighted by Crippen LogP contribution is -2.32. The highest BCUT2D eigenvalue weighted by atomic mass is 32.1. The molecule has 2 aliphatic rings. The van der Waals surface area contributed by atoms with Crippen molar-refractivity contribution in [3.8, 4) is 0 Å². The van der Waals surface area contributed by atoms with Crippen LogP contribution < -0.4 is 10.6 Å². The van der Waals surface area contributed by atoms with Crippen molar-refractivity contribution in [2.75, 3.05) is 11.9 Å². The molecule has 35 heavy (non-hydrogen) atoms. The minimum Gasteiger partial charge on any atom is -0.352 e. The number of carbonyl (C=O) groups excluding carboxylic acids is 1. The number of halogens is 1. The van der Waals surface area contributed by atoms with Crippen LogP contribution >= 0.6 is 12.2 Å². The number of nitrogens with one attached hydrogen (secondary N) is 2. The van der Waals surface area contributed by atoms with Gasteiger partial charge in [0.15, 0.2) is 5.11 Å². The molecule has 6 nitrogen and oxygen atoms in total.